The van der Waals surface area contributed by atoms with Crippen molar-refractivity contribution >= 4 is 63.7 Å². The van der Waals surface area contributed by atoms with Crippen molar-refractivity contribution in [2.45, 2.75) is 0 Å². The number of imide groups is 1. The summed E-state index contributed by atoms with van der Waals surface area (Å²) in [5.74, 6) is -1.55. The number of nitro benzene ring substituents is 1. The number of hydrogen-bond acceptors (Lipinski definition) is 5. The van der Waals surface area contributed by atoms with Gasteiger partial charge in [0.15, 0.2) is 0 Å². The minimum absolute atomic E-state index is 0.0354. The van der Waals surface area contributed by atoms with Gasteiger partial charge in [0.25, 0.3) is 17.5 Å². The van der Waals surface area contributed by atoms with E-state index < -0.39 is 16.7 Å². The first-order valence-electron chi connectivity index (χ1n) is 7.04. The molecule has 2 aromatic rings. The van der Waals surface area contributed by atoms with E-state index in [9.17, 15) is 19.7 Å². The zero-order chi connectivity index (χ0) is 19.0. The van der Waals surface area contributed by atoms with Crippen molar-refractivity contribution in [1.29, 1.82) is 0 Å². The first-order chi connectivity index (χ1) is 12.3. The second kappa shape index (κ2) is 6.95. The van der Waals surface area contributed by atoms with Crippen LogP contribution in [0.2, 0.25) is 10.0 Å². The Morgan fingerprint density at radius 3 is 2.23 bits per heavy atom. The lowest BCUT2D eigenvalue weighted by molar-refractivity contribution is -0.384. The number of benzene rings is 2. The van der Waals surface area contributed by atoms with E-state index in [2.05, 4.69) is 5.32 Å². The molecule has 0 radical (unpaired) electrons. The number of carbonyl (C=O) groups is 2. The van der Waals surface area contributed by atoms with Crippen LogP contribution in [0.1, 0.15) is 0 Å². The zero-order valence-corrected chi connectivity index (χ0v) is 15.0. The van der Waals surface area contributed by atoms with Gasteiger partial charge in [0.2, 0.25) is 0 Å². The van der Waals surface area contributed by atoms with Gasteiger partial charge >= 0.3 is 0 Å². The molecule has 1 aliphatic heterocycles. The largest absolute Gasteiger partial charge is 0.350 e. The third-order valence-corrected chi connectivity index (χ3v) is 4.25. The van der Waals surface area contributed by atoms with Crippen molar-refractivity contribution in [1.82, 2.24) is 0 Å². The molecule has 0 spiro atoms. The van der Waals surface area contributed by atoms with E-state index in [0.717, 1.165) is 11.0 Å². The standard InChI is InChI=1S/C16H8Cl3N3O4/c17-8-4-9(18)6-10(5-8)20-14-13(19)15(23)21(16(14)24)11-2-1-3-12(7-11)22(25)26/h1-7,20H. The van der Waals surface area contributed by atoms with Crippen molar-refractivity contribution in [3.05, 3.63) is 73.4 Å². The van der Waals surface area contributed by atoms with Crippen LogP contribution in [0.3, 0.4) is 0 Å². The number of hydrogen-bond donors (Lipinski definition) is 1. The summed E-state index contributed by atoms with van der Waals surface area (Å²) in [4.78, 5) is 36.1. The zero-order valence-electron chi connectivity index (χ0n) is 12.7. The first-order valence-corrected chi connectivity index (χ1v) is 8.17. The molecule has 0 atom stereocenters. The second-order valence-electron chi connectivity index (χ2n) is 5.19. The molecule has 10 heteroatoms. The molecule has 1 aliphatic rings. The third-order valence-electron chi connectivity index (χ3n) is 3.46. The van der Waals surface area contributed by atoms with Gasteiger partial charge in [-0.3, -0.25) is 19.7 Å². The molecular formula is C16H8Cl3N3O4. The van der Waals surface area contributed by atoms with E-state index >= 15 is 0 Å². The number of non-ortho nitro benzene ring substituents is 1. The van der Waals surface area contributed by atoms with Gasteiger partial charge in [-0.05, 0) is 24.3 Å². The Balaban J connectivity index is 1.95. The van der Waals surface area contributed by atoms with Gasteiger partial charge in [-0.1, -0.05) is 40.9 Å². The summed E-state index contributed by atoms with van der Waals surface area (Å²) in [5, 5.41) is 13.9. The summed E-state index contributed by atoms with van der Waals surface area (Å²) >= 11 is 17.8. The Labute approximate surface area is 161 Å². The van der Waals surface area contributed by atoms with Gasteiger partial charge < -0.3 is 5.32 Å². The Bertz CT molecular complexity index is 970. The molecule has 26 heavy (non-hydrogen) atoms. The molecule has 0 aromatic heterocycles. The second-order valence-corrected chi connectivity index (χ2v) is 6.45. The molecule has 2 amide bonds. The highest BCUT2D eigenvalue weighted by molar-refractivity contribution is 6.53. The van der Waals surface area contributed by atoms with E-state index in [1.807, 2.05) is 0 Å². The fourth-order valence-electron chi connectivity index (χ4n) is 2.36. The van der Waals surface area contributed by atoms with Crippen molar-refractivity contribution in [3.8, 4) is 0 Å². The van der Waals surface area contributed by atoms with Crippen LogP contribution in [0.5, 0.6) is 0 Å². The van der Waals surface area contributed by atoms with Gasteiger partial charge in [-0.15, -0.1) is 0 Å². The normalized spacial score (nSPS) is 14.2. The van der Waals surface area contributed by atoms with E-state index in [4.69, 9.17) is 34.8 Å². The van der Waals surface area contributed by atoms with Crippen molar-refractivity contribution in [2.75, 3.05) is 10.2 Å². The molecule has 7 nitrogen and oxygen atoms in total. The van der Waals surface area contributed by atoms with Crippen LogP contribution < -0.4 is 10.2 Å². The molecule has 0 fully saturated rings. The van der Waals surface area contributed by atoms with E-state index in [1.54, 1.807) is 0 Å². The molecule has 1 N–H and O–H groups in total. The number of nitro groups is 1. The highest BCUT2D eigenvalue weighted by Crippen LogP contribution is 2.32. The summed E-state index contributed by atoms with van der Waals surface area (Å²) in [6, 6.07) is 9.62. The van der Waals surface area contributed by atoms with Crippen molar-refractivity contribution in [2.24, 2.45) is 0 Å². The van der Waals surface area contributed by atoms with Crippen molar-refractivity contribution in [3.63, 3.8) is 0 Å². The third kappa shape index (κ3) is 3.37. The highest BCUT2D eigenvalue weighted by Gasteiger charge is 2.39. The molecule has 0 bridgehead atoms. The van der Waals surface area contributed by atoms with E-state index in [-0.39, 0.29) is 22.1 Å². The fourth-order valence-corrected chi connectivity index (χ4v) is 3.10. The van der Waals surface area contributed by atoms with Crippen LogP contribution in [0.4, 0.5) is 17.1 Å². The van der Waals surface area contributed by atoms with Crippen LogP contribution in [-0.4, -0.2) is 16.7 Å². The molecule has 1 heterocycles. The molecule has 2 aromatic carbocycles. The average molecular weight is 413 g/mol. The van der Waals surface area contributed by atoms with Crippen LogP contribution in [0.15, 0.2) is 53.2 Å². The molecule has 0 aliphatic carbocycles. The van der Waals surface area contributed by atoms with Crippen molar-refractivity contribution < 1.29 is 14.5 Å². The number of nitrogens with one attached hydrogen (secondary N) is 1. The molecular weight excluding hydrogens is 405 g/mol. The smallest absolute Gasteiger partial charge is 0.283 e. The summed E-state index contributed by atoms with van der Waals surface area (Å²) in [6.07, 6.45) is 0. The topological polar surface area (TPSA) is 92.6 Å². The molecule has 132 valence electrons. The molecule has 3 rings (SSSR count). The SMILES string of the molecule is O=C1C(Cl)=C(Nc2cc(Cl)cc(Cl)c2)C(=O)N1c1cccc([N+](=O)[O-])c1. The fraction of sp³-hybridized carbons (Fsp3) is 0. The lowest BCUT2D eigenvalue weighted by Gasteiger charge is -2.15. The maximum absolute atomic E-state index is 12.6. The van der Waals surface area contributed by atoms with Gasteiger partial charge in [0, 0.05) is 27.9 Å². The molecule has 0 saturated heterocycles. The average Bonchev–Trinajstić information content (AvgIpc) is 2.78. The van der Waals surface area contributed by atoms with Crippen LogP contribution in [-0.2, 0) is 9.59 Å². The van der Waals surface area contributed by atoms with Gasteiger partial charge in [-0.2, -0.15) is 0 Å². The number of nitrogens with zero attached hydrogens (tertiary/aromatic N) is 2. The monoisotopic (exact) mass is 411 g/mol. The Morgan fingerprint density at radius 2 is 1.62 bits per heavy atom. The lowest BCUT2D eigenvalue weighted by Crippen LogP contribution is -2.32. The summed E-state index contributed by atoms with van der Waals surface area (Å²) in [7, 11) is 0. The first kappa shape index (κ1) is 18.2. The number of amides is 2. The van der Waals surface area contributed by atoms with E-state index in [1.165, 1.54) is 36.4 Å². The number of rotatable bonds is 4. The Morgan fingerprint density at radius 1 is 0.962 bits per heavy atom. The molecule has 0 unspecified atom stereocenters. The van der Waals surface area contributed by atoms with Crippen LogP contribution >= 0.6 is 34.8 Å². The van der Waals surface area contributed by atoms with Crippen LogP contribution in [0.25, 0.3) is 0 Å². The van der Waals surface area contributed by atoms with Gasteiger partial charge in [0.1, 0.15) is 10.7 Å². The quantitative estimate of drug-likeness (QED) is 0.458. The number of anilines is 2. The Kier molecular flexibility index (Phi) is 4.86. The van der Waals surface area contributed by atoms with E-state index in [0.29, 0.717) is 15.7 Å². The summed E-state index contributed by atoms with van der Waals surface area (Å²) in [5.41, 5.74) is -0.0465. The minimum Gasteiger partial charge on any atom is -0.350 e. The highest BCUT2D eigenvalue weighted by atomic mass is 35.5. The number of halogens is 3. The predicted octanol–water partition coefficient (Wildman–Crippen LogP) is 4.34. The summed E-state index contributed by atoms with van der Waals surface area (Å²) < 4.78 is 0. The van der Waals surface area contributed by atoms with Gasteiger partial charge in [-0.25, -0.2) is 4.90 Å². The number of carbonyl (C=O) groups excluding carboxylic acids is 2. The molecule has 0 saturated carbocycles. The van der Waals surface area contributed by atoms with Gasteiger partial charge in [0.05, 0.1) is 10.6 Å². The maximum atomic E-state index is 12.6. The predicted molar refractivity (Wildman–Crippen MR) is 98.6 cm³/mol. The Hall–Kier alpha value is -2.61. The van der Waals surface area contributed by atoms with Crippen LogP contribution in [0, 0.1) is 10.1 Å². The summed E-state index contributed by atoms with van der Waals surface area (Å²) in [6.45, 7) is 0. The lowest BCUT2D eigenvalue weighted by atomic mass is 10.2. The maximum Gasteiger partial charge on any atom is 0.283 e. The minimum atomic E-state index is -0.798.